The fourth-order valence-electron chi connectivity index (χ4n) is 2.46. The summed E-state index contributed by atoms with van der Waals surface area (Å²) in [6.45, 7) is 7.77. The van der Waals surface area contributed by atoms with Gasteiger partial charge in [0.05, 0.1) is 18.0 Å². The largest absolute Gasteiger partial charge is 0.467 e. The third-order valence-corrected chi connectivity index (χ3v) is 3.60. The van der Waals surface area contributed by atoms with E-state index in [1.54, 1.807) is 18.3 Å². The summed E-state index contributed by atoms with van der Waals surface area (Å²) in [7, 11) is 0. The van der Waals surface area contributed by atoms with Crippen LogP contribution < -0.4 is 5.32 Å². The molecule has 2 aromatic rings. The molecule has 0 aromatic carbocycles. The Balaban J connectivity index is 1.97. The number of furan rings is 1. The van der Waals surface area contributed by atoms with Gasteiger partial charge in [-0.3, -0.25) is 9.48 Å². The van der Waals surface area contributed by atoms with E-state index in [9.17, 15) is 9.90 Å². The molecule has 6 nitrogen and oxygen atoms in total. The Bertz CT molecular complexity index is 617. The van der Waals surface area contributed by atoms with Crippen LogP contribution in [0.1, 0.15) is 61.2 Å². The molecule has 0 radical (unpaired) electrons. The lowest BCUT2D eigenvalue weighted by molar-refractivity contribution is 0.0902. The van der Waals surface area contributed by atoms with Crippen molar-refractivity contribution in [3.8, 4) is 0 Å². The smallest absolute Gasteiger partial charge is 0.254 e. The molecular formula is C16H23N3O3. The van der Waals surface area contributed by atoms with Gasteiger partial charge in [0.2, 0.25) is 0 Å². The fourth-order valence-corrected chi connectivity index (χ4v) is 2.46. The van der Waals surface area contributed by atoms with Crippen molar-refractivity contribution in [3.05, 3.63) is 41.6 Å². The van der Waals surface area contributed by atoms with Crippen LogP contribution in [-0.2, 0) is 0 Å². The van der Waals surface area contributed by atoms with Gasteiger partial charge in [0.25, 0.3) is 5.91 Å². The first-order valence-corrected chi connectivity index (χ1v) is 7.46. The van der Waals surface area contributed by atoms with Gasteiger partial charge < -0.3 is 14.8 Å². The molecule has 2 N–H and O–H groups in total. The molecule has 0 aliphatic carbocycles. The minimum atomic E-state index is -0.732. The molecule has 0 aliphatic rings. The predicted octanol–water partition coefficient (Wildman–Crippen LogP) is 2.61. The van der Waals surface area contributed by atoms with Gasteiger partial charge in [-0.1, -0.05) is 0 Å². The third-order valence-electron chi connectivity index (χ3n) is 3.60. The molecule has 0 fully saturated rings. The number of aliphatic hydroxyl groups excluding tert-OH is 1. The van der Waals surface area contributed by atoms with E-state index < -0.39 is 6.10 Å². The number of nitrogens with one attached hydrogen (secondary N) is 1. The number of nitrogens with zero attached hydrogens (tertiary/aromatic N) is 2. The Kier molecular flexibility index (Phi) is 5.03. The van der Waals surface area contributed by atoms with Gasteiger partial charge in [0.15, 0.2) is 0 Å². The van der Waals surface area contributed by atoms with Gasteiger partial charge >= 0.3 is 0 Å². The second-order valence-electron chi connectivity index (χ2n) is 5.82. The molecule has 6 heteroatoms. The summed E-state index contributed by atoms with van der Waals surface area (Å²) < 4.78 is 6.98. The van der Waals surface area contributed by atoms with Crippen LogP contribution in [-0.4, -0.2) is 26.8 Å². The maximum atomic E-state index is 12.3. The Morgan fingerprint density at radius 2 is 2.18 bits per heavy atom. The molecule has 0 saturated carbocycles. The second-order valence-corrected chi connectivity index (χ2v) is 5.82. The lowest BCUT2D eigenvalue weighted by atomic mass is 10.1. The number of rotatable bonds is 6. The van der Waals surface area contributed by atoms with E-state index >= 15 is 0 Å². The number of aromatic nitrogens is 2. The molecule has 22 heavy (non-hydrogen) atoms. The molecular weight excluding hydrogens is 282 g/mol. The maximum absolute atomic E-state index is 12.3. The summed E-state index contributed by atoms with van der Waals surface area (Å²) in [5.74, 6) is 0.327. The number of amides is 1. The zero-order valence-corrected chi connectivity index (χ0v) is 13.4. The first-order chi connectivity index (χ1) is 10.4. The molecule has 2 rings (SSSR count). The van der Waals surface area contributed by atoms with Crippen LogP contribution in [0.15, 0.2) is 29.0 Å². The summed E-state index contributed by atoms with van der Waals surface area (Å²) in [5, 5.41) is 17.2. The highest BCUT2D eigenvalue weighted by Crippen LogP contribution is 2.19. The van der Waals surface area contributed by atoms with Crippen LogP contribution in [0.3, 0.4) is 0 Å². The highest BCUT2D eigenvalue weighted by atomic mass is 16.4. The highest BCUT2D eigenvalue weighted by molar-refractivity contribution is 5.95. The monoisotopic (exact) mass is 305 g/mol. The summed E-state index contributed by atoms with van der Waals surface area (Å²) in [5.41, 5.74) is 1.40. The quantitative estimate of drug-likeness (QED) is 0.859. The van der Waals surface area contributed by atoms with Crippen molar-refractivity contribution >= 4 is 5.91 Å². The summed E-state index contributed by atoms with van der Waals surface area (Å²) in [6.07, 6.45) is 2.76. The van der Waals surface area contributed by atoms with Crippen molar-refractivity contribution in [2.75, 3.05) is 0 Å². The molecule has 0 bridgehead atoms. The Morgan fingerprint density at radius 3 is 2.73 bits per heavy atom. The highest BCUT2D eigenvalue weighted by Gasteiger charge is 2.20. The van der Waals surface area contributed by atoms with Gasteiger partial charge in [0.1, 0.15) is 11.9 Å². The van der Waals surface area contributed by atoms with Crippen LogP contribution in [0, 0.1) is 6.92 Å². The zero-order valence-electron chi connectivity index (χ0n) is 13.4. The molecule has 2 heterocycles. The van der Waals surface area contributed by atoms with E-state index in [1.165, 1.54) is 6.26 Å². The summed E-state index contributed by atoms with van der Waals surface area (Å²) in [6, 6.07) is 3.47. The van der Waals surface area contributed by atoms with Gasteiger partial charge in [-0.15, -0.1) is 0 Å². The van der Waals surface area contributed by atoms with Crippen molar-refractivity contribution in [2.24, 2.45) is 0 Å². The number of hydrogen-bond acceptors (Lipinski definition) is 4. The average molecular weight is 305 g/mol. The van der Waals surface area contributed by atoms with E-state index in [2.05, 4.69) is 10.4 Å². The normalized spacial score (nSPS) is 14.1. The molecule has 0 aliphatic heterocycles. The van der Waals surface area contributed by atoms with E-state index in [0.29, 0.717) is 17.7 Å². The summed E-state index contributed by atoms with van der Waals surface area (Å²) >= 11 is 0. The number of hydrogen-bond donors (Lipinski definition) is 2. The first kappa shape index (κ1) is 16.3. The van der Waals surface area contributed by atoms with Crippen LogP contribution in [0.25, 0.3) is 0 Å². The van der Waals surface area contributed by atoms with Crippen LogP contribution in [0.5, 0.6) is 0 Å². The maximum Gasteiger partial charge on any atom is 0.254 e. The Morgan fingerprint density at radius 1 is 1.45 bits per heavy atom. The molecule has 0 saturated heterocycles. The van der Waals surface area contributed by atoms with Crippen molar-refractivity contribution < 1.29 is 14.3 Å². The molecule has 2 aromatic heterocycles. The van der Waals surface area contributed by atoms with Crippen molar-refractivity contribution in [2.45, 2.75) is 52.3 Å². The molecule has 120 valence electrons. The SMILES string of the molecule is Cc1c(C(=O)NC(C)CC(O)c2ccco2)cnn1C(C)C. The minimum absolute atomic E-state index is 0.177. The lowest BCUT2D eigenvalue weighted by Crippen LogP contribution is -2.34. The average Bonchev–Trinajstić information content (AvgIpc) is 3.06. The summed E-state index contributed by atoms with van der Waals surface area (Å²) in [4.78, 5) is 12.3. The molecule has 1 amide bonds. The van der Waals surface area contributed by atoms with Crippen LogP contribution >= 0.6 is 0 Å². The third kappa shape index (κ3) is 3.57. The van der Waals surface area contributed by atoms with Crippen molar-refractivity contribution in [3.63, 3.8) is 0 Å². The molecule has 2 atom stereocenters. The van der Waals surface area contributed by atoms with Crippen LogP contribution in [0.2, 0.25) is 0 Å². The standard InChI is InChI=1S/C16H23N3O3/c1-10(2)19-12(4)13(9-17-19)16(21)18-11(3)8-14(20)15-6-5-7-22-15/h5-7,9-11,14,20H,8H2,1-4H3,(H,18,21). The Hall–Kier alpha value is -2.08. The number of carbonyl (C=O) groups is 1. The second kappa shape index (κ2) is 6.79. The zero-order chi connectivity index (χ0) is 16.3. The van der Waals surface area contributed by atoms with Gasteiger partial charge in [-0.25, -0.2) is 0 Å². The van der Waals surface area contributed by atoms with Crippen molar-refractivity contribution in [1.29, 1.82) is 0 Å². The number of carbonyl (C=O) groups excluding carboxylic acids is 1. The van der Waals surface area contributed by atoms with Crippen LogP contribution in [0.4, 0.5) is 0 Å². The van der Waals surface area contributed by atoms with Crippen molar-refractivity contribution in [1.82, 2.24) is 15.1 Å². The van der Waals surface area contributed by atoms with Gasteiger partial charge in [-0.05, 0) is 39.8 Å². The van der Waals surface area contributed by atoms with E-state index in [1.807, 2.05) is 32.4 Å². The fraction of sp³-hybridized carbons (Fsp3) is 0.500. The van der Waals surface area contributed by atoms with E-state index in [4.69, 9.17) is 4.42 Å². The first-order valence-electron chi connectivity index (χ1n) is 7.46. The van der Waals surface area contributed by atoms with E-state index in [0.717, 1.165) is 5.69 Å². The van der Waals surface area contributed by atoms with E-state index in [-0.39, 0.29) is 18.0 Å². The minimum Gasteiger partial charge on any atom is -0.467 e. The topological polar surface area (TPSA) is 80.3 Å². The molecule has 0 spiro atoms. The van der Waals surface area contributed by atoms with Gasteiger partial charge in [0, 0.05) is 24.2 Å². The number of aliphatic hydroxyl groups is 1. The molecule has 2 unspecified atom stereocenters. The predicted molar refractivity (Wildman–Crippen MR) is 82.6 cm³/mol. The Labute approximate surface area is 130 Å². The lowest BCUT2D eigenvalue weighted by Gasteiger charge is -2.16. The van der Waals surface area contributed by atoms with Gasteiger partial charge in [-0.2, -0.15) is 5.10 Å².